The Morgan fingerprint density at radius 2 is 2.09 bits per heavy atom. The van der Waals surface area contributed by atoms with Crippen LogP contribution in [0.15, 0.2) is 29.3 Å². The van der Waals surface area contributed by atoms with E-state index in [1.54, 1.807) is 6.07 Å². The molecule has 1 saturated heterocycles. The minimum Gasteiger partial charge on any atom is -0.465 e. The van der Waals surface area contributed by atoms with Gasteiger partial charge in [-0.25, -0.2) is 4.99 Å². The van der Waals surface area contributed by atoms with Gasteiger partial charge in [-0.1, -0.05) is 18.2 Å². The number of benzene rings is 1. The van der Waals surface area contributed by atoms with Gasteiger partial charge in [0, 0.05) is 5.56 Å². The van der Waals surface area contributed by atoms with E-state index < -0.39 is 0 Å². The number of nitrogens with zero attached hydrogens (tertiary/aromatic N) is 1. The number of amides is 1. The molecule has 2 rings (SSSR count). The Labute approximate surface area is 137 Å². The molecule has 6 nitrogen and oxygen atoms in total. The summed E-state index contributed by atoms with van der Waals surface area (Å²) in [5.41, 5.74) is 1.57. The minimum absolute atomic E-state index is 0.186. The van der Waals surface area contributed by atoms with Crippen LogP contribution < -0.4 is 10.2 Å². The van der Waals surface area contributed by atoms with Crippen molar-refractivity contribution in [2.24, 2.45) is 4.99 Å². The standard InChI is InChI=1S/C17H25N3O3/c1-3-23-17(18-8-9-20-10-12-22-13-11-20)19-16(21)15-7-5-4-6-14(15)2/h4-7H,3,8-13H2,1-2H3,(H,18,19,21)/p+1. The second-order valence-corrected chi connectivity index (χ2v) is 5.50. The van der Waals surface area contributed by atoms with Crippen LogP contribution in [0, 0.1) is 6.92 Å². The van der Waals surface area contributed by atoms with Gasteiger partial charge < -0.3 is 14.4 Å². The van der Waals surface area contributed by atoms with Crippen LogP contribution in [-0.2, 0) is 9.47 Å². The van der Waals surface area contributed by atoms with E-state index >= 15 is 0 Å². The third-order valence-corrected chi connectivity index (χ3v) is 3.81. The summed E-state index contributed by atoms with van der Waals surface area (Å²) in [6.07, 6.45) is 0. The van der Waals surface area contributed by atoms with Crippen LogP contribution in [0.4, 0.5) is 0 Å². The first-order chi connectivity index (χ1) is 11.2. The molecule has 2 N–H and O–H groups in total. The van der Waals surface area contributed by atoms with Gasteiger partial charge in [0.2, 0.25) is 0 Å². The van der Waals surface area contributed by atoms with Crippen molar-refractivity contribution in [3.8, 4) is 0 Å². The first-order valence-corrected chi connectivity index (χ1v) is 8.16. The van der Waals surface area contributed by atoms with Gasteiger partial charge in [0.25, 0.3) is 11.9 Å². The Morgan fingerprint density at radius 3 is 2.78 bits per heavy atom. The number of ether oxygens (including phenoxy) is 2. The molecule has 126 valence electrons. The van der Waals surface area contributed by atoms with Gasteiger partial charge in [0.15, 0.2) is 0 Å². The van der Waals surface area contributed by atoms with Crippen molar-refractivity contribution < 1.29 is 19.2 Å². The van der Waals surface area contributed by atoms with E-state index in [1.807, 2.05) is 32.0 Å². The molecule has 1 aliphatic rings. The molecule has 0 aromatic heterocycles. The number of hydrogen-bond donors (Lipinski definition) is 2. The summed E-state index contributed by atoms with van der Waals surface area (Å²) < 4.78 is 10.8. The molecule has 1 fully saturated rings. The normalized spacial score (nSPS) is 16.2. The van der Waals surface area contributed by atoms with Crippen LogP contribution in [0.1, 0.15) is 22.8 Å². The number of aryl methyl sites for hydroxylation is 1. The molecular weight excluding hydrogens is 294 g/mol. The summed E-state index contributed by atoms with van der Waals surface area (Å²) in [7, 11) is 0. The molecule has 0 aliphatic carbocycles. The number of carbonyl (C=O) groups is 1. The monoisotopic (exact) mass is 320 g/mol. The molecule has 1 aromatic rings. The van der Waals surface area contributed by atoms with Crippen molar-refractivity contribution in [3.63, 3.8) is 0 Å². The van der Waals surface area contributed by atoms with E-state index in [0.29, 0.717) is 24.7 Å². The second-order valence-electron chi connectivity index (χ2n) is 5.50. The highest BCUT2D eigenvalue weighted by Gasteiger charge is 2.14. The molecule has 1 heterocycles. The fourth-order valence-corrected chi connectivity index (χ4v) is 2.48. The second kappa shape index (κ2) is 9.27. The Balaban J connectivity index is 1.90. The highest BCUT2D eigenvalue weighted by Crippen LogP contribution is 2.06. The third-order valence-electron chi connectivity index (χ3n) is 3.81. The zero-order chi connectivity index (χ0) is 16.5. The number of rotatable bonds is 5. The molecule has 0 unspecified atom stereocenters. The number of aliphatic imine (C=N–C) groups is 1. The van der Waals surface area contributed by atoms with Crippen LogP contribution in [0.25, 0.3) is 0 Å². The highest BCUT2D eigenvalue weighted by molar-refractivity contribution is 6.04. The third kappa shape index (κ3) is 5.65. The number of nitrogens with one attached hydrogen (secondary N) is 2. The molecule has 0 spiro atoms. The van der Waals surface area contributed by atoms with Gasteiger partial charge in [0.1, 0.15) is 13.1 Å². The number of quaternary nitrogens is 1. The van der Waals surface area contributed by atoms with Crippen LogP contribution in [-0.4, -0.2) is 57.9 Å². The van der Waals surface area contributed by atoms with Crippen molar-refractivity contribution in [3.05, 3.63) is 35.4 Å². The zero-order valence-corrected chi connectivity index (χ0v) is 13.9. The topological polar surface area (TPSA) is 64.4 Å². The number of morpholine rings is 1. The van der Waals surface area contributed by atoms with Gasteiger partial charge in [-0.15, -0.1) is 0 Å². The van der Waals surface area contributed by atoms with Crippen LogP contribution in [0.3, 0.4) is 0 Å². The quantitative estimate of drug-likeness (QED) is 0.594. The predicted molar refractivity (Wildman–Crippen MR) is 89.0 cm³/mol. The predicted octanol–water partition coefficient (Wildman–Crippen LogP) is 0.0324. The lowest BCUT2D eigenvalue weighted by atomic mass is 10.1. The lowest BCUT2D eigenvalue weighted by Gasteiger charge is -2.23. The summed E-state index contributed by atoms with van der Waals surface area (Å²) in [6, 6.07) is 7.77. The summed E-state index contributed by atoms with van der Waals surface area (Å²) in [6.45, 7) is 9.43. The van der Waals surface area contributed by atoms with Crippen molar-refractivity contribution in [2.45, 2.75) is 13.8 Å². The molecule has 1 aromatic carbocycles. The maximum Gasteiger partial charge on any atom is 0.291 e. The van der Waals surface area contributed by atoms with Crippen molar-refractivity contribution in [2.75, 3.05) is 46.0 Å². The average molecular weight is 320 g/mol. The summed E-state index contributed by atoms with van der Waals surface area (Å²) in [5, 5.41) is 2.77. The molecule has 23 heavy (non-hydrogen) atoms. The van der Waals surface area contributed by atoms with Gasteiger partial charge in [-0.05, 0) is 25.5 Å². The molecular formula is C17H26N3O3+. The van der Waals surface area contributed by atoms with E-state index in [9.17, 15) is 4.79 Å². The van der Waals surface area contributed by atoms with Gasteiger partial charge in [-0.2, -0.15) is 0 Å². The van der Waals surface area contributed by atoms with Crippen molar-refractivity contribution in [1.29, 1.82) is 0 Å². The van der Waals surface area contributed by atoms with Crippen LogP contribution >= 0.6 is 0 Å². The van der Waals surface area contributed by atoms with Gasteiger partial charge in [0.05, 0.1) is 32.9 Å². The summed E-state index contributed by atoms with van der Waals surface area (Å²) in [4.78, 5) is 18.2. The lowest BCUT2D eigenvalue weighted by Crippen LogP contribution is -3.14. The number of amidine groups is 1. The molecule has 0 radical (unpaired) electrons. The van der Waals surface area contributed by atoms with E-state index in [-0.39, 0.29) is 5.91 Å². The first kappa shape index (κ1) is 17.4. The maximum absolute atomic E-state index is 12.3. The minimum atomic E-state index is -0.186. The Morgan fingerprint density at radius 1 is 1.35 bits per heavy atom. The van der Waals surface area contributed by atoms with Crippen LogP contribution in [0.5, 0.6) is 0 Å². The van der Waals surface area contributed by atoms with Crippen LogP contribution in [0.2, 0.25) is 0 Å². The number of carbonyl (C=O) groups excluding carboxylic acids is 1. The molecule has 0 bridgehead atoms. The van der Waals surface area contributed by atoms with Gasteiger partial charge >= 0.3 is 0 Å². The van der Waals surface area contributed by atoms with Gasteiger partial charge in [-0.3, -0.25) is 10.1 Å². The lowest BCUT2D eigenvalue weighted by molar-refractivity contribution is -0.906. The Kier molecular flexibility index (Phi) is 7.03. The maximum atomic E-state index is 12.3. The molecule has 0 atom stereocenters. The average Bonchev–Trinajstić information content (AvgIpc) is 2.56. The first-order valence-electron chi connectivity index (χ1n) is 8.16. The fourth-order valence-electron chi connectivity index (χ4n) is 2.48. The van der Waals surface area contributed by atoms with E-state index in [1.165, 1.54) is 4.90 Å². The smallest absolute Gasteiger partial charge is 0.291 e. The van der Waals surface area contributed by atoms with E-state index in [0.717, 1.165) is 38.4 Å². The Bertz CT molecular complexity index is 540. The van der Waals surface area contributed by atoms with E-state index in [2.05, 4.69) is 10.3 Å². The fraction of sp³-hybridized carbons (Fsp3) is 0.529. The molecule has 1 amide bonds. The largest absolute Gasteiger partial charge is 0.465 e. The summed E-state index contributed by atoms with van der Waals surface area (Å²) >= 11 is 0. The Hall–Kier alpha value is -1.92. The molecule has 1 aliphatic heterocycles. The highest BCUT2D eigenvalue weighted by atomic mass is 16.5. The van der Waals surface area contributed by atoms with Crippen molar-refractivity contribution >= 4 is 11.9 Å². The molecule has 0 saturated carbocycles. The summed E-state index contributed by atoms with van der Waals surface area (Å²) in [5.74, 6) is -0.186. The SMILES string of the molecule is CCOC(=NCC[NH+]1CCOCC1)NC(=O)c1ccccc1C. The van der Waals surface area contributed by atoms with Crippen molar-refractivity contribution in [1.82, 2.24) is 5.32 Å². The van der Waals surface area contributed by atoms with E-state index in [4.69, 9.17) is 9.47 Å². The molecule has 6 heteroatoms. The zero-order valence-electron chi connectivity index (χ0n) is 13.9. The number of hydrogen-bond acceptors (Lipinski definition) is 4.